The molecule has 0 spiro atoms. The van der Waals surface area contributed by atoms with Crippen molar-refractivity contribution < 1.29 is 33.2 Å². The topological polar surface area (TPSA) is 71.2 Å². The molecule has 0 aliphatic carbocycles. The molecule has 23 heavy (non-hydrogen) atoms. The van der Waals surface area contributed by atoms with Crippen molar-refractivity contribution in [1.82, 2.24) is 0 Å². The van der Waals surface area contributed by atoms with E-state index >= 15 is 0 Å². The summed E-state index contributed by atoms with van der Waals surface area (Å²) >= 11 is 0. The van der Waals surface area contributed by atoms with Gasteiger partial charge in [0.1, 0.15) is 11.2 Å². The Kier molecular flexibility index (Phi) is 8.18. The minimum absolute atomic E-state index is 0.155. The van der Waals surface area contributed by atoms with Crippen LogP contribution in [0.5, 0.6) is 0 Å². The molecule has 0 saturated carbocycles. The Morgan fingerprint density at radius 3 is 1.43 bits per heavy atom. The third-order valence-electron chi connectivity index (χ3n) is 4.10. The molecule has 2 aliphatic rings. The molecule has 0 N–H and O–H groups in total. The van der Waals surface area contributed by atoms with E-state index in [-0.39, 0.29) is 11.2 Å². The Bertz CT molecular complexity index is 286. The molecule has 2 atom stereocenters. The van der Waals surface area contributed by atoms with Crippen LogP contribution < -0.4 is 0 Å². The first-order valence-electron chi connectivity index (χ1n) is 8.23. The van der Waals surface area contributed by atoms with Gasteiger partial charge in [-0.05, 0) is 0 Å². The molecule has 2 rings (SSSR count). The molecule has 2 fully saturated rings. The van der Waals surface area contributed by atoms with E-state index < -0.39 is 0 Å². The summed E-state index contributed by atoms with van der Waals surface area (Å²) in [6.07, 6.45) is 1.70. The molecule has 7 heteroatoms. The van der Waals surface area contributed by atoms with Gasteiger partial charge in [-0.2, -0.15) is 0 Å². The molecular weight excluding hydrogens is 304 g/mol. The maximum atomic E-state index is 5.83. The van der Waals surface area contributed by atoms with E-state index in [2.05, 4.69) is 0 Å². The van der Waals surface area contributed by atoms with E-state index in [1.807, 2.05) is 0 Å². The quantitative estimate of drug-likeness (QED) is 0.303. The first-order valence-corrected chi connectivity index (χ1v) is 8.23. The fraction of sp³-hybridized carbons (Fsp3) is 1.00. The van der Waals surface area contributed by atoms with E-state index in [4.69, 9.17) is 33.2 Å². The third kappa shape index (κ3) is 7.43. The van der Waals surface area contributed by atoms with Gasteiger partial charge in [0.15, 0.2) is 0 Å². The van der Waals surface area contributed by atoms with Gasteiger partial charge in [-0.25, -0.2) is 0 Å². The molecule has 2 heterocycles. The molecule has 0 aromatic rings. The Morgan fingerprint density at radius 2 is 1.09 bits per heavy atom. The number of rotatable bonds is 16. The Morgan fingerprint density at radius 1 is 0.652 bits per heavy atom. The predicted molar refractivity (Wildman–Crippen MR) is 82.8 cm³/mol. The third-order valence-corrected chi connectivity index (χ3v) is 4.10. The second kappa shape index (κ2) is 9.88. The zero-order valence-corrected chi connectivity index (χ0v) is 14.3. The molecule has 0 bridgehead atoms. The smallest absolute Gasteiger partial charge is 0.117 e. The zero-order valence-electron chi connectivity index (χ0n) is 14.3. The summed E-state index contributed by atoms with van der Waals surface area (Å²) in [5.74, 6) is 0. The highest BCUT2D eigenvalue weighted by Crippen LogP contribution is 2.34. The van der Waals surface area contributed by atoms with Crippen LogP contribution in [0.3, 0.4) is 0 Å². The first kappa shape index (κ1) is 19.1. The van der Waals surface area contributed by atoms with Crippen molar-refractivity contribution in [1.29, 1.82) is 0 Å². The fourth-order valence-electron chi connectivity index (χ4n) is 2.23. The normalized spacial score (nSPS) is 29.0. The molecule has 7 nitrogen and oxygen atoms in total. The van der Waals surface area contributed by atoms with Gasteiger partial charge in [0, 0.05) is 40.3 Å². The van der Waals surface area contributed by atoms with Crippen LogP contribution in [0.15, 0.2) is 0 Å². The molecule has 2 unspecified atom stereocenters. The summed E-state index contributed by atoms with van der Waals surface area (Å²) in [6.45, 7) is 6.49. The fourth-order valence-corrected chi connectivity index (χ4v) is 2.23. The average Bonchev–Trinajstić information content (AvgIpc) is 3.46. The highest BCUT2D eigenvalue weighted by Gasteiger charge is 2.48. The summed E-state index contributed by atoms with van der Waals surface area (Å²) in [5, 5.41) is 0. The van der Waals surface area contributed by atoms with Gasteiger partial charge in [-0.1, -0.05) is 0 Å². The molecular formula is C16H30O7. The maximum absolute atomic E-state index is 5.83. The van der Waals surface area contributed by atoms with Gasteiger partial charge >= 0.3 is 0 Å². The van der Waals surface area contributed by atoms with E-state index in [0.29, 0.717) is 52.9 Å². The lowest BCUT2D eigenvalue weighted by molar-refractivity contribution is 0.00911. The minimum Gasteiger partial charge on any atom is -0.382 e. The number of methoxy groups -OCH3 is 2. The highest BCUT2D eigenvalue weighted by molar-refractivity contribution is 4.95. The monoisotopic (exact) mass is 334 g/mol. The van der Waals surface area contributed by atoms with Crippen molar-refractivity contribution in [3.63, 3.8) is 0 Å². The standard InChI is InChI=1S/C16H30O7/c1-17-7-9-19-5-3-15(13-22-15)11-21-12-16(14-23-16)4-6-20-10-8-18-2/h3-14H2,1-2H3. The lowest BCUT2D eigenvalue weighted by Crippen LogP contribution is -2.28. The molecule has 2 saturated heterocycles. The Labute approximate surface area is 138 Å². The second-order valence-corrected chi connectivity index (χ2v) is 6.15. The van der Waals surface area contributed by atoms with E-state index in [0.717, 1.165) is 26.1 Å². The van der Waals surface area contributed by atoms with Crippen LogP contribution >= 0.6 is 0 Å². The van der Waals surface area contributed by atoms with Crippen LogP contribution in [-0.2, 0) is 33.2 Å². The molecule has 2 aliphatic heterocycles. The zero-order chi connectivity index (χ0) is 16.4. The van der Waals surface area contributed by atoms with Crippen molar-refractivity contribution in [3.05, 3.63) is 0 Å². The number of hydrogen-bond donors (Lipinski definition) is 0. The Balaban J connectivity index is 1.49. The van der Waals surface area contributed by atoms with Crippen LogP contribution in [0.25, 0.3) is 0 Å². The van der Waals surface area contributed by atoms with Crippen molar-refractivity contribution in [2.24, 2.45) is 0 Å². The van der Waals surface area contributed by atoms with Gasteiger partial charge in [0.2, 0.25) is 0 Å². The summed E-state index contributed by atoms with van der Waals surface area (Å²) < 4.78 is 37.8. The lowest BCUT2D eigenvalue weighted by Gasteiger charge is -2.16. The molecule has 0 amide bonds. The van der Waals surface area contributed by atoms with Crippen LogP contribution in [0.4, 0.5) is 0 Å². The minimum atomic E-state index is -0.155. The molecule has 0 aromatic carbocycles. The van der Waals surface area contributed by atoms with Crippen LogP contribution in [0.2, 0.25) is 0 Å². The van der Waals surface area contributed by atoms with Crippen LogP contribution in [-0.4, -0.2) is 91.5 Å². The predicted octanol–water partition coefficient (Wildman–Crippen LogP) is 0.647. The molecule has 0 radical (unpaired) electrons. The van der Waals surface area contributed by atoms with E-state index in [1.54, 1.807) is 14.2 Å². The van der Waals surface area contributed by atoms with E-state index in [1.165, 1.54) is 0 Å². The average molecular weight is 334 g/mol. The first-order chi connectivity index (χ1) is 11.2. The summed E-state index contributed by atoms with van der Waals surface area (Å²) in [5.41, 5.74) is -0.309. The van der Waals surface area contributed by atoms with Gasteiger partial charge in [-0.3, -0.25) is 0 Å². The van der Waals surface area contributed by atoms with Crippen LogP contribution in [0.1, 0.15) is 12.8 Å². The molecule has 0 aromatic heterocycles. The van der Waals surface area contributed by atoms with Crippen molar-refractivity contribution >= 4 is 0 Å². The summed E-state index contributed by atoms with van der Waals surface area (Å²) in [7, 11) is 3.34. The summed E-state index contributed by atoms with van der Waals surface area (Å²) in [4.78, 5) is 0. The largest absolute Gasteiger partial charge is 0.382 e. The summed E-state index contributed by atoms with van der Waals surface area (Å²) in [6, 6.07) is 0. The Hall–Kier alpha value is -0.280. The second-order valence-electron chi connectivity index (χ2n) is 6.15. The van der Waals surface area contributed by atoms with Gasteiger partial charge in [0.25, 0.3) is 0 Å². The van der Waals surface area contributed by atoms with Crippen molar-refractivity contribution in [3.8, 4) is 0 Å². The van der Waals surface area contributed by atoms with Gasteiger partial charge < -0.3 is 33.2 Å². The SMILES string of the molecule is COCCOCCC1(COCC2(CCOCCOC)CO2)CO1. The number of hydrogen-bond acceptors (Lipinski definition) is 7. The highest BCUT2D eigenvalue weighted by atomic mass is 16.6. The number of ether oxygens (including phenoxy) is 7. The molecule has 136 valence electrons. The van der Waals surface area contributed by atoms with Gasteiger partial charge in [-0.15, -0.1) is 0 Å². The van der Waals surface area contributed by atoms with Crippen molar-refractivity contribution in [2.45, 2.75) is 24.0 Å². The van der Waals surface area contributed by atoms with E-state index in [9.17, 15) is 0 Å². The number of epoxide rings is 2. The van der Waals surface area contributed by atoms with Gasteiger partial charge in [0.05, 0.1) is 52.9 Å². The van der Waals surface area contributed by atoms with Crippen LogP contribution in [0, 0.1) is 0 Å². The lowest BCUT2D eigenvalue weighted by atomic mass is 10.1. The van der Waals surface area contributed by atoms with Crippen molar-refractivity contribution in [2.75, 3.05) is 80.3 Å². The maximum Gasteiger partial charge on any atom is 0.117 e.